The largest absolute Gasteiger partial charge is 0.497 e. The number of nitrogens with two attached hydrogens (primary N) is 1. The highest BCUT2D eigenvalue weighted by Crippen LogP contribution is 2.31. The van der Waals surface area contributed by atoms with Crippen LogP contribution in [-0.2, 0) is 0 Å². The maximum atomic E-state index is 11.9. The highest BCUT2D eigenvalue weighted by molar-refractivity contribution is 5.85. The summed E-state index contributed by atoms with van der Waals surface area (Å²) in [5, 5.41) is 4.19. The topological polar surface area (TPSA) is 83.0 Å². The first-order valence-corrected chi connectivity index (χ1v) is 6.10. The van der Waals surface area contributed by atoms with Crippen LogP contribution in [0.3, 0.4) is 0 Å². The first-order valence-electron chi connectivity index (χ1n) is 6.10. The van der Waals surface area contributed by atoms with Gasteiger partial charge in [0.15, 0.2) is 5.82 Å². The van der Waals surface area contributed by atoms with Crippen molar-refractivity contribution in [3.05, 3.63) is 24.3 Å². The van der Waals surface area contributed by atoms with Gasteiger partial charge in [0.05, 0.1) is 7.11 Å². The van der Waals surface area contributed by atoms with Crippen molar-refractivity contribution in [3.63, 3.8) is 0 Å². The zero-order valence-corrected chi connectivity index (χ0v) is 10.5. The maximum absolute atomic E-state index is 11.9. The minimum absolute atomic E-state index is 0.0627. The third-order valence-electron chi connectivity index (χ3n) is 3.12. The van der Waals surface area contributed by atoms with Gasteiger partial charge in [0.1, 0.15) is 5.75 Å². The van der Waals surface area contributed by atoms with Gasteiger partial charge in [0.2, 0.25) is 5.95 Å². The van der Waals surface area contributed by atoms with Crippen LogP contribution in [0.1, 0.15) is 17.6 Å². The second-order valence-corrected chi connectivity index (χ2v) is 4.55. The molecule has 0 saturated heterocycles. The lowest BCUT2D eigenvalue weighted by atomic mass is 10.2. The molecular formula is C13H14N4O2. The highest BCUT2D eigenvalue weighted by Gasteiger charge is 2.33. The van der Waals surface area contributed by atoms with Gasteiger partial charge < -0.3 is 10.5 Å². The van der Waals surface area contributed by atoms with Crippen molar-refractivity contribution in [3.8, 4) is 17.1 Å². The lowest BCUT2D eigenvalue weighted by Gasteiger charge is -1.99. The number of rotatable bonds is 3. The molecule has 1 aliphatic rings. The molecule has 1 aliphatic carbocycles. The molecule has 98 valence electrons. The number of anilines is 1. The van der Waals surface area contributed by atoms with Gasteiger partial charge in [-0.05, 0) is 37.1 Å². The first-order chi connectivity index (χ1) is 9.19. The summed E-state index contributed by atoms with van der Waals surface area (Å²) in [6.45, 7) is 0. The third-order valence-corrected chi connectivity index (χ3v) is 3.12. The summed E-state index contributed by atoms with van der Waals surface area (Å²) in [5.41, 5.74) is 6.55. The first kappa shape index (κ1) is 11.7. The Hall–Kier alpha value is -2.37. The van der Waals surface area contributed by atoms with Gasteiger partial charge in [-0.25, -0.2) is 0 Å². The van der Waals surface area contributed by atoms with Gasteiger partial charge in [-0.2, -0.15) is 9.67 Å². The second-order valence-electron chi connectivity index (χ2n) is 4.55. The highest BCUT2D eigenvalue weighted by atomic mass is 16.5. The molecule has 0 aliphatic heterocycles. The molecule has 6 nitrogen and oxygen atoms in total. The Morgan fingerprint density at radius 1 is 1.37 bits per heavy atom. The van der Waals surface area contributed by atoms with Crippen LogP contribution in [0, 0.1) is 5.92 Å². The number of ether oxygens (including phenoxy) is 1. The summed E-state index contributed by atoms with van der Waals surface area (Å²) in [4.78, 5) is 16.1. The lowest BCUT2D eigenvalue weighted by molar-refractivity contribution is 0.0873. The Balaban J connectivity index is 1.92. The van der Waals surface area contributed by atoms with Crippen LogP contribution in [-0.4, -0.2) is 27.8 Å². The molecule has 1 aromatic heterocycles. The fourth-order valence-corrected chi connectivity index (χ4v) is 1.85. The molecule has 0 radical (unpaired) electrons. The molecule has 1 saturated carbocycles. The van der Waals surface area contributed by atoms with Crippen LogP contribution in [0.4, 0.5) is 5.95 Å². The van der Waals surface area contributed by atoms with E-state index in [9.17, 15) is 4.79 Å². The van der Waals surface area contributed by atoms with Crippen molar-refractivity contribution in [2.24, 2.45) is 5.92 Å². The fraction of sp³-hybridized carbons (Fsp3) is 0.308. The van der Waals surface area contributed by atoms with Gasteiger partial charge >= 0.3 is 0 Å². The number of carbonyl (C=O) groups excluding carboxylic acids is 1. The third kappa shape index (κ3) is 2.16. The van der Waals surface area contributed by atoms with E-state index in [1.807, 2.05) is 24.3 Å². The van der Waals surface area contributed by atoms with Crippen LogP contribution in [0.25, 0.3) is 11.4 Å². The van der Waals surface area contributed by atoms with Gasteiger partial charge in [0.25, 0.3) is 5.91 Å². The van der Waals surface area contributed by atoms with Crippen molar-refractivity contribution in [1.82, 2.24) is 14.8 Å². The Morgan fingerprint density at radius 2 is 2.05 bits per heavy atom. The predicted octanol–water partition coefficient (Wildman–Crippen LogP) is 1.59. The molecule has 0 amide bonds. The Kier molecular flexibility index (Phi) is 2.70. The smallest absolute Gasteiger partial charge is 0.253 e. The van der Waals surface area contributed by atoms with E-state index >= 15 is 0 Å². The molecule has 0 atom stereocenters. The van der Waals surface area contributed by atoms with Crippen LogP contribution in [0.5, 0.6) is 5.75 Å². The minimum atomic E-state index is -0.0650. The summed E-state index contributed by atoms with van der Waals surface area (Å²) in [5.74, 6) is 1.35. The summed E-state index contributed by atoms with van der Waals surface area (Å²) >= 11 is 0. The average molecular weight is 258 g/mol. The van der Waals surface area contributed by atoms with Crippen molar-refractivity contribution in [1.29, 1.82) is 0 Å². The van der Waals surface area contributed by atoms with Crippen molar-refractivity contribution >= 4 is 11.9 Å². The quantitative estimate of drug-likeness (QED) is 0.903. The van der Waals surface area contributed by atoms with Crippen LogP contribution in [0.2, 0.25) is 0 Å². The number of nitrogen functional groups attached to an aromatic ring is 1. The Morgan fingerprint density at radius 3 is 2.63 bits per heavy atom. The zero-order chi connectivity index (χ0) is 13.4. The van der Waals surface area contributed by atoms with Crippen molar-refractivity contribution < 1.29 is 9.53 Å². The number of aromatic nitrogens is 3. The van der Waals surface area contributed by atoms with Gasteiger partial charge in [-0.3, -0.25) is 4.79 Å². The van der Waals surface area contributed by atoms with E-state index in [0.29, 0.717) is 5.82 Å². The molecule has 6 heteroatoms. The molecule has 1 fully saturated rings. The summed E-state index contributed by atoms with van der Waals surface area (Å²) in [7, 11) is 1.61. The molecule has 2 N–H and O–H groups in total. The van der Waals surface area contributed by atoms with Crippen LogP contribution < -0.4 is 10.5 Å². The number of hydrogen-bond acceptors (Lipinski definition) is 5. The SMILES string of the molecule is COc1ccc(-c2nc(N)n(C(=O)C3CC3)n2)cc1. The molecule has 2 aromatic rings. The summed E-state index contributed by atoms with van der Waals surface area (Å²) in [6.07, 6.45) is 1.83. The molecule has 0 spiro atoms. The zero-order valence-electron chi connectivity index (χ0n) is 10.5. The van der Waals surface area contributed by atoms with E-state index in [2.05, 4.69) is 10.1 Å². The predicted molar refractivity (Wildman–Crippen MR) is 69.8 cm³/mol. The average Bonchev–Trinajstić information content (AvgIpc) is 3.21. The lowest BCUT2D eigenvalue weighted by Crippen LogP contribution is -2.16. The molecule has 0 bridgehead atoms. The Bertz CT molecular complexity index is 614. The standard InChI is InChI=1S/C13H14N4O2/c1-19-10-6-4-8(5-7-10)11-15-13(14)17(16-11)12(18)9-2-3-9/h4-7,9H,2-3H2,1H3,(H2,14,15,16). The number of nitrogens with zero attached hydrogens (tertiary/aromatic N) is 3. The van der Waals surface area contributed by atoms with E-state index < -0.39 is 0 Å². The molecule has 0 unspecified atom stereocenters. The number of benzene rings is 1. The molecule has 1 aromatic carbocycles. The number of methoxy groups -OCH3 is 1. The second kappa shape index (κ2) is 4.38. The maximum Gasteiger partial charge on any atom is 0.253 e. The summed E-state index contributed by atoms with van der Waals surface area (Å²) in [6, 6.07) is 7.29. The van der Waals surface area contributed by atoms with E-state index in [-0.39, 0.29) is 17.8 Å². The van der Waals surface area contributed by atoms with Crippen molar-refractivity contribution in [2.75, 3.05) is 12.8 Å². The van der Waals surface area contributed by atoms with Gasteiger partial charge in [-0.15, -0.1) is 5.10 Å². The monoisotopic (exact) mass is 258 g/mol. The number of carbonyl (C=O) groups is 1. The fourth-order valence-electron chi connectivity index (χ4n) is 1.85. The van der Waals surface area contributed by atoms with Crippen molar-refractivity contribution in [2.45, 2.75) is 12.8 Å². The molecular weight excluding hydrogens is 244 g/mol. The number of hydrogen-bond donors (Lipinski definition) is 1. The minimum Gasteiger partial charge on any atom is -0.497 e. The van der Waals surface area contributed by atoms with Crippen LogP contribution in [0.15, 0.2) is 24.3 Å². The Labute approximate surface area is 110 Å². The van der Waals surface area contributed by atoms with Gasteiger partial charge in [0, 0.05) is 11.5 Å². The van der Waals surface area contributed by atoms with Crippen LogP contribution >= 0.6 is 0 Å². The molecule has 1 heterocycles. The van der Waals surface area contributed by atoms with Gasteiger partial charge in [-0.1, -0.05) is 0 Å². The normalized spacial score (nSPS) is 14.4. The molecule has 19 heavy (non-hydrogen) atoms. The van der Waals surface area contributed by atoms with E-state index in [1.165, 1.54) is 4.68 Å². The molecule has 3 rings (SSSR count). The summed E-state index contributed by atoms with van der Waals surface area (Å²) < 4.78 is 6.29. The van der Waals surface area contributed by atoms with E-state index in [4.69, 9.17) is 10.5 Å². The van der Waals surface area contributed by atoms with E-state index in [1.54, 1.807) is 7.11 Å². The van der Waals surface area contributed by atoms with E-state index in [0.717, 1.165) is 24.2 Å².